The topological polar surface area (TPSA) is 76.8 Å². The molecule has 7 nitrogen and oxygen atoms in total. The highest BCUT2D eigenvalue weighted by Gasteiger charge is 2.24. The summed E-state index contributed by atoms with van der Waals surface area (Å²) in [4.78, 5) is 2.33. The van der Waals surface area contributed by atoms with Crippen LogP contribution in [0.25, 0.3) is 5.65 Å². The van der Waals surface area contributed by atoms with Crippen molar-refractivity contribution < 1.29 is 16.5 Å². The average molecular weight is 390 g/mol. The number of nitrogens with zero attached hydrogens (tertiary/aromatic N) is 4. The smallest absolute Gasteiger partial charge is 0.358 e. The Balaban J connectivity index is 1.35. The summed E-state index contributed by atoms with van der Waals surface area (Å²) in [6.45, 7) is 2.61. The van der Waals surface area contributed by atoms with E-state index in [9.17, 15) is 12.3 Å². The maximum atomic E-state index is 12.5. The van der Waals surface area contributed by atoms with Crippen LogP contribution < -0.4 is 4.18 Å². The van der Waals surface area contributed by atoms with Gasteiger partial charge in [-0.2, -0.15) is 8.42 Å². The number of halogens is 1. The summed E-state index contributed by atoms with van der Waals surface area (Å²) in [7, 11) is -4.98. The molecule has 0 bridgehead atoms. The molecule has 142 valence electrons. The Hall–Kier alpha value is -2.52. The summed E-state index contributed by atoms with van der Waals surface area (Å²) >= 11 is 0. The predicted molar refractivity (Wildman–Crippen MR) is 97.3 cm³/mol. The lowest BCUT2D eigenvalue weighted by Gasteiger charge is -2.31. The highest BCUT2D eigenvalue weighted by Crippen LogP contribution is 2.28. The van der Waals surface area contributed by atoms with E-state index in [0.29, 0.717) is 5.92 Å². The summed E-state index contributed by atoms with van der Waals surface area (Å²) in [5, 5.41) is 8.60. The molecule has 1 saturated heterocycles. The molecule has 27 heavy (non-hydrogen) atoms. The first-order chi connectivity index (χ1) is 13.0. The molecule has 0 amide bonds. The second-order valence-electron chi connectivity index (χ2n) is 6.66. The van der Waals surface area contributed by atoms with Gasteiger partial charge in [0.15, 0.2) is 5.65 Å². The van der Waals surface area contributed by atoms with Gasteiger partial charge in [0.05, 0.1) is 0 Å². The van der Waals surface area contributed by atoms with Gasteiger partial charge in [-0.3, -0.25) is 9.30 Å². The number of hydrogen-bond acceptors (Lipinski definition) is 6. The van der Waals surface area contributed by atoms with Crippen molar-refractivity contribution in [2.45, 2.75) is 25.3 Å². The largest absolute Gasteiger partial charge is 0.488 e. The predicted octanol–water partition coefficient (Wildman–Crippen LogP) is 2.70. The van der Waals surface area contributed by atoms with Crippen LogP contribution in [0.3, 0.4) is 0 Å². The molecule has 0 atom stereocenters. The molecule has 3 heterocycles. The number of likely N-dealkylation sites (tertiary alicyclic amines) is 1. The zero-order valence-electron chi connectivity index (χ0n) is 14.5. The molecular formula is C18H19FN4O3S. The summed E-state index contributed by atoms with van der Waals surface area (Å²) in [5.41, 5.74) is 1.89. The first-order valence-corrected chi connectivity index (χ1v) is 10.0. The van der Waals surface area contributed by atoms with Crippen LogP contribution in [0.2, 0.25) is 0 Å². The van der Waals surface area contributed by atoms with E-state index in [1.807, 2.05) is 24.4 Å². The van der Waals surface area contributed by atoms with Crippen LogP contribution in [-0.4, -0.2) is 41.0 Å². The second kappa shape index (κ2) is 7.24. The van der Waals surface area contributed by atoms with Crippen LogP contribution in [-0.2, 0) is 17.0 Å². The minimum atomic E-state index is -4.98. The number of aromatic nitrogens is 3. The van der Waals surface area contributed by atoms with Crippen molar-refractivity contribution in [1.29, 1.82) is 0 Å². The van der Waals surface area contributed by atoms with Gasteiger partial charge in [0, 0.05) is 18.7 Å². The molecule has 1 aromatic carbocycles. The lowest BCUT2D eigenvalue weighted by molar-refractivity contribution is 0.201. The molecular weight excluding hydrogens is 371 g/mol. The van der Waals surface area contributed by atoms with E-state index in [2.05, 4.69) is 23.7 Å². The van der Waals surface area contributed by atoms with Gasteiger partial charge in [-0.25, -0.2) is 0 Å². The molecule has 1 aliphatic rings. The van der Waals surface area contributed by atoms with Crippen molar-refractivity contribution in [3.63, 3.8) is 0 Å². The number of benzene rings is 1. The Kier molecular flexibility index (Phi) is 4.79. The zero-order chi connectivity index (χ0) is 18.9. The maximum absolute atomic E-state index is 12.5. The van der Waals surface area contributed by atoms with Gasteiger partial charge in [0.1, 0.15) is 11.6 Å². The minimum absolute atomic E-state index is 0.0290. The highest BCUT2D eigenvalue weighted by molar-refractivity contribution is 7.81. The van der Waals surface area contributed by atoms with Crippen molar-refractivity contribution in [2.24, 2.45) is 0 Å². The van der Waals surface area contributed by atoms with Crippen LogP contribution in [0, 0.1) is 0 Å². The molecule has 0 spiro atoms. The lowest BCUT2D eigenvalue weighted by atomic mass is 9.95. The number of piperidine rings is 1. The summed E-state index contributed by atoms with van der Waals surface area (Å²) in [6, 6.07) is 12.3. The van der Waals surface area contributed by atoms with Crippen LogP contribution in [0.15, 0.2) is 48.7 Å². The molecule has 9 heteroatoms. The quantitative estimate of drug-likeness (QED) is 0.624. The lowest BCUT2D eigenvalue weighted by Crippen LogP contribution is -2.33. The monoisotopic (exact) mass is 390 g/mol. The molecule has 2 aromatic heterocycles. The first-order valence-electron chi connectivity index (χ1n) is 8.73. The van der Waals surface area contributed by atoms with E-state index in [4.69, 9.17) is 0 Å². The molecule has 0 unspecified atom stereocenters. The van der Waals surface area contributed by atoms with E-state index in [1.165, 1.54) is 12.1 Å². The van der Waals surface area contributed by atoms with Crippen molar-refractivity contribution in [3.8, 4) is 5.75 Å². The fraction of sp³-hybridized carbons (Fsp3) is 0.333. The van der Waals surface area contributed by atoms with Crippen molar-refractivity contribution in [2.75, 3.05) is 13.1 Å². The Morgan fingerprint density at radius 1 is 1.07 bits per heavy atom. The fourth-order valence-corrected chi connectivity index (χ4v) is 3.85. The van der Waals surface area contributed by atoms with E-state index < -0.39 is 10.5 Å². The molecule has 3 aromatic rings. The number of pyridine rings is 1. The zero-order valence-corrected chi connectivity index (χ0v) is 15.3. The van der Waals surface area contributed by atoms with Crippen LogP contribution in [0.1, 0.15) is 30.1 Å². The Morgan fingerprint density at radius 3 is 2.52 bits per heavy atom. The van der Waals surface area contributed by atoms with E-state index >= 15 is 0 Å². The van der Waals surface area contributed by atoms with Crippen LogP contribution >= 0.6 is 0 Å². The summed E-state index contributed by atoms with van der Waals surface area (Å²) < 4.78 is 39.8. The molecule has 1 fully saturated rings. The van der Waals surface area contributed by atoms with Gasteiger partial charge in [-0.15, -0.1) is 10.2 Å². The summed E-state index contributed by atoms with van der Waals surface area (Å²) in [5.74, 6) is 1.36. The number of hydrogen-bond donors (Lipinski definition) is 0. The average Bonchev–Trinajstić information content (AvgIpc) is 3.07. The number of rotatable bonds is 5. The third-order valence-corrected chi connectivity index (χ3v) is 5.21. The van der Waals surface area contributed by atoms with Gasteiger partial charge in [0.2, 0.25) is 0 Å². The molecule has 1 aliphatic heterocycles. The summed E-state index contributed by atoms with van der Waals surface area (Å²) in [6.07, 6.45) is 3.99. The van der Waals surface area contributed by atoms with E-state index in [0.717, 1.165) is 49.5 Å². The van der Waals surface area contributed by atoms with E-state index in [1.54, 1.807) is 12.1 Å². The van der Waals surface area contributed by atoms with E-state index in [-0.39, 0.29) is 5.75 Å². The van der Waals surface area contributed by atoms with Crippen molar-refractivity contribution in [1.82, 2.24) is 19.5 Å². The van der Waals surface area contributed by atoms with Crippen molar-refractivity contribution in [3.05, 3.63) is 60.0 Å². The highest BCUT2D eigenvalue weighted by atomic mass is 32.3. The third-order valence-electron chi connectivity index (χ3n) is 4.82. The van der Waals surface area contributed by atoms with Crippen LogP contribution in [0.5, 0.6) is 5.75 Å². The van der Waals surface area contributed by atoms with Gasteiger partial charge in [-0.05, 0) is 55.8 Å². The van der Waals surface area contributed by atoms with Gasteiger partial charge in [-0.1, -0.05) is 22.1 Å². The second-order valence-corrected chi connectivity index (χ2v) is 7.61. The molecule has 0 radical (unpaired) electrons. The molecule has 0 N–H and O–H groups in total. The van der Waals surface area contributed by atoms with Crippen LogP contribution in [0.4, 0.5) is 3.89 Å². The Bertz CT molecular complexity index is 1030. The van der Waals surface area contributed by atoms with Gasteiger partial charge < -0.3 is 4.18 Å². The first kappa shape index (κ1) is 17.9. The normalized spacial score (nSPS) is 16.6. The maximum Gasteiger partial charge on any atom is 0.488 e. The van der Waals surface area contributed by atoms with Gasteiger partial charge >= 0.3 is 10.5 Å². The van der Waals surface area contributed by atoms with Crippen molar-refractivity contribution >= 4 is 16.2 Å². The molecule has 0 aliphatic carbocycles. The molecule has 0 saturated carbocycles. The fourth-order valence-electron chi connectivity index (χ4n) is 3.51. The Morgan fingerprint density at radius 2 is 1.81 bits per heavy atom. The third kappa shape index (κ3) is 4.25. The molecule has 4 rings (SSSR count). The van der Waals surface area contributed by atoms with Gasteiger partial charge in [0.25, 0.3) is 0 Å². The standard InChI is InChI=1S/C18H19FN4O3S/c19-27(24,25)26-16-6-4-14(5-7-16)13-22-11-8-15(9-12-22)18-21-20-17-3-1-2-10-23(17)18/h1-7,10,15H,8-9,11-13H2. The number of fused-ring (bicyclic) bond motifs is 1. The Labute approximate surface area is 156 Å². The SMILES string of the molecule is O=S(=O)(F)Oc1ccc(CN2CCC(c3nnc4ccccn34)CC2)cc1. The minimum Gasteiger partial charge on any atom is -0.358 e.